The smallest absolute Gasteiger partial charge is 0.219 e. The van der Waals surface area contributed by atoms with Crippen LogP contribution in [0.4, 0.5) is 0 Å². The average Bonchev–Trinajstić information content (AvgIpc) is 2.17. The summed E-state index contributed by atoms with van der Waals surface area (Å²) in [5.74, 6) is 0.167. The summed E-state index contributed by atoms with van der Waals surface area (Å²) in [5.41, 5.74) is 5.76. The first-order chi connectivity index (χ1) is 7.00. The van der Waals surface area contributed by atoms with Crippen molar-refractivity contribution in [2.24, 2.45) is 5.73 Å². The number of amides is 1. The number of nitrogens with two attached hydrogens (primary N) is 1. The summed E-state index contributed by atoms with van der Waals surface area (Å²) >= 11 is 0. The SMILES string of the molecule is CC(=O)N(C)C1CCN(CC(C)N)CC1.Cl. The zero-order chi connectivity index (χ0) is 11.4. The first-order valence-electron chi connectivity index (χ1n) is 5.72. The summed E-state index contributed by atoms with van der Waals surface area (Å²) in [5, 5.41) is 0. The number of likely N-dealkylation sites (tertiary alicyclic amines) is 1. The Labute approximate surface area is 105 Å². The summed E-state index contributed by atoms with van der Waals surface area (Å²) in [6.45, 7) is 6.76. The van der Waals surface area contributed by atoms with E-state index in [1.54, 1.807) is 6.92 Å². The molecule has 0 radical (unpaired) electrons. The van der Waals surface area contributed by atoms with Crippen molar-refractivity contribution in [3.8, 4) is 0 Å². The van der Waals surface area contributed by atoms with E-state index in [9.17, 15) is 4.79 Å². The maximum atomic E-state index is 11.2. The highest BCUT2D eigenvalue weighted by Crippen LogP contribution is 2.15. The van der Waals surface area contributed by atoms with Crippen molar-refractivity contribution in [1.29, 1.82) is 0 Å². The van der Waals surface area contributed by atoms with Gasteiger partial charge in [0.25, 0.3) is 0 Å². The molecule has 1 rings (SSSR count). The maximum Gasteiger partial charge on any atom is 0.219 e. The molecule has 0 aromatic heterocycles. The molecule has 1 saturated heterocycles. The molecule has 1 aliphatic rings. The van der Waals surface area contributed by atoms with Crippen LogP contribution in [-0.4, -0.2) is 54.5 Å². The van der Waals surface area contributed by atoms with Crippen LogP contribution < -0.4 is 5.73 Å². The van der Waals surface area contributed by atoms with Gasteiger partial charge in [-0.25, -0.2) is 0 Å². The second-order valence-corrected chi connectivity index (χ2v) is 4.64. The Bertz CT molecular complexity index is 215. The molecule has 0 aromatic rings. The van der Waals surface area contributed by atoms with Crippen molar-refractivity contribution in [3.63, 3.8) is 0 Å². The van der Waals surface area contributed by atoms with Crippen molar-refractivity contribution < 1.29 is 4.79 Å². The molecule has 1 amide bonds. The van der Waals surface area contributed by atoms with Gasteiger partial charge in [0, 0.05) is 45.7 Å². The lowest BCUT2D eigenvalue weighted by Gasteiger charge is -2.36. The first kappa shape index (κ1) is 15.7. The third-order valence-electron chi connectivity index (χ3n) is 3.15. The number of hydrogen-bond acceptors (Lipinski definition) is 3. The molecule has 16 heavy (non-hydrogen) atoms. The fourth-order valence-corrected chi connectivity index (χ4v) is 2.15. The normalized spacial score (nSPS) is 20.0. The highest BCUT2D eigenvalue weighted by Gasteiger charge is 2.23. The van der Waals surface area contributed by atoms with E-state index in [1.165, 1.54) is 0 Å². The van der Waals surface area contributed by atoms with E-state index in [2.05, 4.69) is 4.90 Å². The average molecular weight is 250 g/mol. The van der Waals surface area contributed by atoms with E-state index >= 15 is 0 Å². The van der Waals surface area contributed by atoms with Crippen molar-refractivity contribution in [2.45, 2.75) is 38.8 Å². The maximum absolute atomic E-state index is 11.2. The second-order valence-electron chi connectivity index (χ2n) is 4.64. The topological polar surface area (TPSA) is 49.6 Å². The largest absolute Gasteiger partial charge is 0.343 e. The van der Waals surface area contributed by atoms with E-state index in [1.807, 2.05) is 18.9 Å². The highest BCUT2D eigenvalue weighted by atomic mass is 35.5. The van der Waals surface area contributed by atoms with Gasteiger partial charge in [0.1, 0.15) is 0 Å². The Hall–Kier alpha value is -0.320. The molecule has 2 N–H and O–H groups in total. The van der Waals surface area contributed by atoms with Crippen molar-refractivity contribution in [1.82, 2.24) is 9.80 Å². The number of nitrogens with zero attached hydrogens (tertiary/aromatic N) is 2. The van der Waals surface area contributed by atoms with Gasteiger partial charge in [-0.3, -0.25) is 4.79 Å². The van der Waals surface area contributed by atoms with E-state index in [-0.39, 0.29) is 24.4 Å². The molecule has 0 spiro atoms. The molecule has 0 aromatic carbocycles. The molecule has 1 aliphatic heterocycles. The van der Waals surface area contributed by atoms with Crippen LogP contribution in [0, 0.1) is 0 Å². The molecule has 4 nitrogen and oxygen atoms in total. The van der Waals surface area contributed by atoms with Crippen molar-refractivity contribution in [3.05, 3.63) is 0 Å². The Kier molecular flexibility index (Phi) is 6.95. The standard InChI is InChI=1S/C11H23N3O.ClH/c1-9(12)8-14-6-4-11(5-7-14)13(3)10(2)15;/h9,11H,4-8,12H2,1-3H3;1H. The van der Waals surface area contributed by atoms with E-state index in [0.29, 0.717) is 6.04 Å². The molecule has 0 aliphatic carbocycles. The predicted octanol–water partition coefficient (Wildman–Crippen LogP) is 0.698. The van der Waals surface area contributed by atoms with Crippen LogP contribution >= 0.6 is 12.4 Å². The summed E-state index contributed by atoms with van der Waals surface area (Å²) in [6.07, 6.45) is 2.14. The molecule has 96 valence electrons. The van der Waals surface area contributed by atoms with E-state index in [0.717, 1.165) is 32.5 Å². The molecule has 0 saturated carbocycles. The molecular weight excluding hydrogens is 226 g/mol. The van der Waals surface area contributed by atoms with Gasteiger partial charge in [0.2, 0.25) is 5.91 Å². The third-order valence-corrected chi connectivity index (χ3v) is 3.15. The van der Waals surface area contributed by atoms with E-state index in [4.69, 9.17) is 5.73 Å². The molecule has 1 atom stereocenters. The second kappa shape index (κ2) is 7.09. The predicted molar refractivity (Wildman–Crippen MR) is 68.8 cm³/mol. The number of piperidine rings is 1. The van der Waals surface area contributed by atoms with Gasteiger partial charge >= 0.3 is 0 Å². The zero-order valence-corrected chi connectivity index (χ0v) is 11.3. The van der Waals surface area contributed by atoms with E-state index < -0.39 is 0 Å². The fourth-order valence-electron chi connectivity index (χ4n) is 2.15. The minimum absolute atomic E-state index is 0. The molecular formula is C11H24ClN3O. The fraction of sp³-hybridized carbons (Fsp3) is 0.909. The third kappa shape index (κ3) is 4.68. The van der Waals surface area contributed by atoms with Crippen molar-refractivity contribution >= 4 is 18.3 Å². The summed E-state index contributed by atoms with van der Waals surface area (Å²) in [7, 11) is 1.90. The summed E-state index contributed by atoms with van der Waals surface area (Å²) in [6, 6.07) is 0.666. The van der Waals surface area contributed by atoms with Crippen LogP contribution in [0.1, 0.15) is 26.7 Å². The number of rotatable bonds is 3. The molecule has 1 heterocycles. The van der Waals surface area contributed by atoms with Crippen LogP contribution in [0.3, 0.4) is 0 Å². The van der Waals surface area contributed by atoms with Crippen molar-refractivity contribution in [2.75, 3.05) is 26.7 Å². The van der Waals surface area contributed by atoms with Crippen LogP contribution in [0.2, 0.25) is 0 Å². The molecule has 0 bridgehead atoms. The number of hydrogen-bond donors (Lipinski definition) is 1. The van der Waals surface area contributed by atoms with Gasteiger partial charge in [0.05, 0.1) is 0 Å². The zero-order valence-electron chi connectivity index (χ0n) is 10.5. The number of halogens is 1. The Morgan fingerprint density at radius 1 is 1.50 bits per heavy atom. The monoisotopic (exact) mass is 249 g/mol. The number of carbonyl (C=O) groups is 1. The molecule has 1 unspecified atom stereocenters. The number of carbonyl (C=O) groups excluding carboxylic acids is 1. The van der Waals surface area contributed by atoms with Gasteiger partial charge in [0.15, 0.2) is 0 Å². The van der Waals surface area contributed by atoms with Crippen LogP contribution in [0.15, 0.2) is 0 Å². The van der Waals surface area contributed by atoms with Crippen LogP contribution in [0.5, 0.6) is 0 Å². The molecule has 5 heteroatoms. The highest BCUT2D eigenvalue weighted by molar-refractivity contribution is 5.85. The Morgan fingerprint density at radius 3 is 2.38 bits per heavy atom. The Balaban J connectivity index is 0.00000225. The van der Waals surface area contributed by atoms with Gasteiger partial charge < -0.3 is 15.5 Å². The summed E-state index contributed by atoms with van der Waals surface area (Å²) < 4.78 is 0. The first-order valence-corrected chi connectivity index (χ1v) is 5.72. The quantitative estimate of drug-likeness (QED) is 0.801. The van der Waals surface area contributed by atoms with Crippen LogP contribution in [0.25, 0.3) is 0 Å². The van der Waals surface area contributed by atoms with Gasteiger partial charge in [-0.2, -0.15) is 0 Å². The minimum Gasteiger partial charge on any atom is -0.343 e. The van der Waals surface area contributed by atoms with Crippen LogP contribution in [-0.2, 0) is 4.79 Å². The Morgan fingerprint density at radius 2 is 2.00 bits per heavy atom. The van der Waals surface area contributed by atoms with Gasteiger partial charge in [-0.15, -0.1) is 12.4 Å². The lowest BCUT2D eigenvalue weighted by molar-refractivity contribution is -0.130. The lowest BCUT2D eigenvalue weighted by Crippen LogP contribution is -2.47. The molecule has 1 fully saturated rings. The van der Waals surface area contributed by atoms with Gasteiger partial charge in [-0.05, 0) is 19.8 Å². The lowest BCUT2D eigenvalue weighted by atomic mass is 10.0. The summed E-state index contributed by atoms with van der Waals surface area (Å²) in [4.78, 5) is 15.4. The minimum atomic E-state index is 0. The van der Waals surface area contributed by atoms with Gasteiger partial charge in [-0.1, -0.05) is 0 Å².